The summed E-state index contributed by atoms with van der Waals surface area (Å²) in [6.45, 7) is 2.11. The van der Waals surface area contributed by atoms with Crippen LogP contribution in [-0.4, -0.2) is 37.8 Å². The van der Waals surface area contributed by atoms with E-state index in [1.807, 2.05) is 0 Å². The zero-order valence-corrected chi connectivity index (χ0v) is 7.88. The number of aliphatic hydroxyl groups excluding tert-OH is 1. The summed E-state index contributed by atoms with van der Waals surface area (Å²) in [7, 11) is 1.50. The Morgan fingerprint density at radius 3 is 2.77 bits per heavy atom. The largest absolute Gasteiger partial charge is 0.393 e. The molecule has 0 unspecified atom stereocenters. The van der Waals surface area contributed by atoms with Crippen LogP contribution in [0.1, 0.15) is 13.3 Å². The van der Waals surface area contributed by atoms with Gasteiger partial charge in [0.15, 0.2) is 0 Å². The summed E-state index contributed by atoms with van der Waals surface area (Å²) >= 11 is 0. The number of methoxy groups -OCH3 is 1. The van der Waals surface area contributed by atoms with E-state index in [0.717, 1.165) is 0 Å². The molecule has 6 heteroatoms. The highest BCUT2D eigenvalue weighted by Crippen LogP contribution is 2.04. The zero-order valence-electron chi connectivity index (χ0n) is 7.88. The fourth-order valence-electron chi connectivity index (χ4n) is 0.812. The first-order valence-corrected chi connectivity index (χ1v) is 4.05. The van der Waals surface area contributed by atoms with Crippen LogP contribution in [0.15, 0.2) is 5.11 Å². The highest BCUT2D eigenvalue weighted by Gasteiger charge is 2.15. The van der Waals surface area contributed by atoms with Crippen molar-refractivity contribution in [2.75, 3.05) is 20.5 Å². The Labute approximate surface area is 77.1 Å². The van der Waals surface area contributed by atoms with Gasteiger partial charge in [0.05, 0.1) is 18.8 Å². The topological polar surface area (TPSA) is 87.5 Å². The second-order valence-electron chi connectivity index (χ2n) is 2.53. The molecule has 0 radical (unpaired) electrons. The Morgan fingerprint density at radius 2 is 2.31 bits per heavy atom. The summed E-state index contributed by atoms with van der Waals surface area (Å²) in [6, 6.07) is -0.537. The first-order chi connectivity index (χ1) is 6.26. The van der Waals surface area contributed by atoms with Gasteiger partial charge in [0, 0.05) is 12.0 Å². The van der Waals surface area contributed by atoms with E-state index in [2.05, 4.69) is 14.8 Å². The lowest BCUT2D eigenvalue weighted by molar-refractivity contribution is -0.0462. The number of hydrogen-bond acceptors (Lipinski definition) is 4. The summed E-state index contributed by atoms with van der Waals surface area (Å²) in [6.07, 6.45) is -0.132. The summed E-state index contributed by atoms with van der Waals surface area (Å²) in [4.78, 5) is 2.63. The maximum absolute atomic E-state index is 9.36. The van der Waals surface area contributed by atoms with Gasteiger partial charge in [-0.1, -0.05) is 12.0 Å². The fraction of sp³-hybridized carbons (Fsp3) is 1.00. The van der Waals surface area contributed by atoms with Crippen LogP contribution < -0.4 is 0 Å². The van der Waals surface area contributed by atoms with Crippen molar-refractivity contribution in [3.05, 3.63) is 10.4 Å². The summed E-state index contributed by atoms with van der Waals surface area (Å²) < 4.78 is 9.62. The molecule has 0 heterocycles. The predicted molar refractivity (Wildman–Crippen MR) is 47.1 cm³/mol. The van der Waals surface area contributed by atoms with Crippen LogP contribution in [0.5, 0.6) is 0 Å². The van der Waals surface area contributed by atoms with E-state index in [1.54, 1.807) is 6.92 Å². The van der Waals surface area contributed by atoms with E-state index >= 15 is 0 Å². The summed E-state index contributed by atoms with van der Waals surface area (Å²) in [5, 5.41) is 12.8. The normalized spacial score (nSPS) is 14.7. The van der Waals surface area contributed by atoms with Crippen molar-refractivity contribution in [2.45, 2.75) is 25.5 Å². The number of rotatable bonds is 7. The Morgan fingerprint density at radius 1 is 1.62 bits per heavy atom. The predicted octanol–water partition coefficient (Wildman–Crippen LogP) is 1.06. The number of azide groups is 1. The van der Waals surface area contributed by atoms with Crippen LogP contribution in [0.25, 0.3) is 10.4 Å². The number of ether oxygens (including phenoxy) is 2. The van der Waals surface area contributed by atoms with E-state index in [9.17, 15) is 5.11 Å². The van der Waals surface area contributed by atoms with Crippen LogP contribution in [-0.2, 0) is 9.47 Å². The molecule has 0 amide bonds. The molecule has 0 bridgehead atoms. The van der Waals surface area contributed by atoms with E-state index < -0.39 is 12.1 Å². The van der Waals surface area contributed by atoms with E-state index in [1.165, 1.54) is 7.11 Å². The van der Waals surface area contributed by atoms with Gasteiger partial charge in [-0.3, -0.25) is 0 Å². The van der Waals surface area contributed by atoms with Gasteiger partial charge in [-0.05, 0) is 12.0 Å². The van der Waals surface area contributed by atoms with Gasteiger partial charge in [-0.25, -0.2) is 0 Å². The van der Waals surface area contributed by atoms with Gasteiger partial charge >= 0.3 is 0 Å². The smallest absolute Gasteiger partial charge is 0.146 e. The lowest BCUT2D eigenvalue weighted by atomic mass is 10.1. The summed E-state index contributed by atoms with van der Waals surface area (Å²) in [5.41, 5.74) is 8.20. The van der Waals surface area contributed by atoms with Gasteiger partial charge in [0.25, 0.3) is 0 Å². The van der Waals surface area contributed by atoms with Crippen LogP contribution >= 0.6 is 0 Å². The molecule has 0 aromatic rings. The molecule has 6 nitrogen and oxygen atoms in total. The van der Waals surface area contributed by atoms with Crippen LogP contribution in [0.3, 0.4) is 0 Å². The Kier molecular flexibility index (Phi) is 7.33. The van der Waals surface area contributed by atoms with Crippen LogP contribution in [0.2, 0.25) is 0 Å². The highest BCUT2D eigenvalue weighted by atomic mass is 16.7. The quantitative estimate of drug-likeness (QED) is 0.213. The molecule has 76 valence electrons. The zero-order chi connectivity index (χ0) is 10.1. The minimum atomic E-state index is -0.659. The van der Waals surface area contributed by atoms with Crippen molar-refractivity contribution in [1.82, 2.24) is 0 Å². The lowest BCUT2D eigenvalue weighted by Crippen LogP contribution is -2.28. The monoisotopic (exact) mass is 189 g/mol. The number of hydrogen-bond donors (Lipinski definition) is 1. The van der Waals surface area contributed by atoms with Gasteiger partial charge in [0.2, 0.25) is 0 Å². The van der Waals surface area contributed by atoms with Gasteiger partial charge in [-0.15, -0.1) is 0 Å². The summed E-state index contributed by atoms with van der Waals surface area (Å²) in [5.74, 6) is 0. The van der Waals surface area contributed by atoms with E-state index in [4.69, 9.17) is 10.3 Å². The van der Waals surface area contributed by atoms with Crippen molar-refractivity contribution in [3.63, 3.8) is 0 Å². The minimum absolute atomic E-state index is 0.133. The standard InChI is InChI=1S/C7H15N3O3/c1-3-7(11)6(9-10-8)4-13-5-12-2/h6-7,11H,3-5H2,1-2H3/t6-,7-/m0/s1. The highest BCUT2D eigenvalue weighted by molar-refractivity contribution is 4.74. The van der Waals surface area contributed by atoms with Crippen molar-refractivity contribution < 1.29 is 14.6 Å². The molecule has 0 aromatic heterocycles. The Hall–Kier alpha value is -0.810. The minimum Gasteiger partial charge on any atom is -0.393 e. The van der Waals surface area contributed by atoms with Crippen molar-refractivity contribution in [3.8, 4) is 0 Å². The second-order valence-corrected chi connectivity index (χ2v) is 2.53. The molecule has 13 heavy (non-hydrogen) atoms. The van der Waals surface area contributed by atoms with Gasteiger partial charge in [0.1, 0.15) is 6.79 Å². The molecule has 0 aliphatic heterocycles. The third kappa shape index (κ3) is 5.43. The first-order valence-electron chi connectivity index (χ1n) is 4.05. The first kappa shape index (κ1) is 12.2. The second kappa shape index (κ2) is 7.82. The fourth-order valence-corrected chi connectivity index (χ4v) is 0.812. The molecule has 0 saturated heterocycles. The van der Waals surface area contributed by atoms with Crippen LogP contribution in [0, 0.1) is 0 Å². The molecular formula is C7H15N3O3. The van der Waals surface area contributed by atoms with E-state index in [-0.39, 0.29) is 13.4 Å². The average Bonchev–Trinajstić information content (AvgIpc) is 2.16. The molecule has 0 rings (SSSR count). The van der Waals surface area contributed by atoms with Crippen molar-refractivity contribution in [1.29, 1.82) is 0 Å². The molecule has 0 spiro atoms. The third-order valence-electron chi connectivity index (χ3n) is 1.55. The molecule has 1 N–H and O–H groups in total. The average molecular weight is 189 g/mol. The lowest BCUT2D eigenvalue weighted by Gasteiger charge is -2.16. The number of nitrogens with zero attached hydrogens (tertiary/aromatic N) is 3. The van der Waals surface area contributed by atoms with Crippen LogP contribution in [0.4, 0.5) is 0 Å². The van der Waals surface area contributed by atoms with Crippen molar-refractivity contribution in [2.24, 2.45) is 5.11 Å². The molecular weight excluding hydrogens is 174 g/mol. The molecule has 2 atom stereocenters. The Balaban J connectivity index is 3.87. The van der Waals surface area contributed by atoms with E-state index in [0.29, 0.717) is 6.42 Å². The third-order valence-corrected chi connectivity index (χ3v) is 1.55. The van der Waals surface area contributed by atoms with Crippen molar-refractivity contribution >= 4 is 0 Å². The molecule has 0 saturated carbocycles. The number of aliphatic hydroxyl groups is 1. The van der Waals surface area contributed by atoms with Gasteiger partial charge in [-0.2, -0.15) is 0 Å². The molecule has 0 aliphatic carbocycles. The SMILES string of the molecule is CC[C@H](O)[C@H](COCOC)N=[N+]=[N-]. The maximum Gasteiger partial charge on any atom is 0.146 e. The molecule has 0 aromatic carbocycles. The molecule has 0 aliphatic rings. The molecule has 0 fully saturated rings. The maximum atomic E-state index is 9.36. The Bertz CT molecular complexity index is 170. The van der Waals surface area contributed by atoms with Gasteiger partial charge < -0.3 is 14.6 Å².